The van der Waals surface area contributed by atoms with E-state index in [-0.39, 0.29) is 17.6 Å². The third-order valence-electron chi connectivity index (χ3n) is 6.56. The standard InChI is InChI=1S/C25H36N4O5S/c1-4-27(20(2)19-21-7-9-22(10-8-21)35(3,32)33)14-5-6-15-28-17-18-29(16-12-24(28)30)25(31)23-11-13-26-34-23/h7-11,13,20H,4-6,12,14-19H2,1-3H3. The smallest absolute Gasteiger partial charge is 0.292 e. The van der Waals surface area contributed by atoms with Crippen LogP contribution in [0.4, 0.5) is 0 Å². The maximum Gasteiger partial charge on any atom is 0.292 e. The van der Waals surface area contributed by atoms with E-state index >= 15 is 0 Å². The Morgan fingerprint density at radius 1 is 1.14 bits per heavy atom. The van der Waals surface area contributed by atoms with E-state index in [1.54, 1.807) is 17.0 Å². The lowest BCUT2D eigenvalue weighted by molar-refractivity contribution is -0.130. The number of nitrogens with zero attached hydrogens (tertiary/aromatic N) is 4. The molecule has 192 valence electrons. The fourth-order valence-electron chi connectivity index (χ4n) is 4.44. The molecule has 2 amide bonds. The Morgan fingerprint density at radius 2 is 1.89 bits per heavy atom. The number of amides is 2. The Hall–Kier alpha value is -2.72. The Balaban J connectivity index is 1.42. The molecule has 0 bridgehead atoms. The zero-order chi connectivity index (χ0) is 25.4. The predicted molar refractivity (Wildman–Crippen MR) is 133 cm³/mol. The van der Waals surface area contributed by atoms with Crippen LogP contribution in [0, 0.1) is 0 Å². The SMILES string of the molecule is CCN(CCCCN1CCN(C(=O)c2ccno2)CCC1=O)C(C)Cc1ccc(S(C)(=O)=O)cc1. The summed E-state index contributed by atoms with van der Waals surface area (Å²) in [6.45, 7) is 8.26. The maximum atomic E-state index is 12.6. The molecule has 0 N–H and O–H groups in total. The molecule has 1 saturated heterocycles. The van der Waals surface area contributed by atoms with Gasteiger partial charge in [0.05, 0.1) is 11.1 Å². The van der Waals surface area contributed by atoms with Crippen LogP contribution in [0.3, 0.4) is 0 Å². The van der Waals surface area contributed by atoms with Gasteiger partial charge in [-0.1, -0.05) is 24.2 Å². The largest absolute Gasteiger partial charge is 0.351 e. The van der Waals surface area contributed by atoms with Gasteiger partial charge >= 0.3 is 0 Å². The highest BCUT2D eigenvalue weighted by atomic mass is 32.2. The number of rotatable bonds is 11. The molecule has 0 aliphatic carbocycles. The normalized spacial score (nSPS) is 15.9. The summed E-state index contributed by atoms with van der Waals surface area (Å²) >= 11 is 0. The lowest BCUT2D eigenvalue weighted by atomic mass is 10.1. The summed E-state index contributed by atoms with van der Waals surface area (Å²) in [5, 5.41) is 3.58. The van der Waals surface area contributed by atoms with Gasteiger partial charge in [0, 0.05) is 51.0 Å². The Bertz CT molecular complexity index is 1070. The van der Waals surface area contributed by atoms with Gasteiger partial charge in [0.25, 0.3) is 5.91 Å². The fraction of sp³-hybridized carbons (Fsp3) is 0.560. The molecule has 1 aromatic carbocycles. The zero-order valence-electron chi connectivity index (χ0n) is 20.9. The molecule has 35 heavy (non-hydrogen) atoms. The number of likely N-dealkylation sites (N-methyl/N-ethyl adjacent to an activating group) is 1. The second-order valence-electron chi connectivity index (χ2n) is 9.10. The molecule has 9 nitrogen and oxygen atoms in total. The molecule has 0 spiro atoms. The molecule has 2 heterocycles. The highest BCUT2D eigenvalue weighted by molar-refractivity contribution is 7.90. The van der Waals surface area contributed by atoms with E-state index in [0.717, 1.165) is 37.9 Å². The van der Waals surface area contributed by atoms with Gasteiger partial charge in [-0.25, -0.2) is 8.42 Å². The van der Waals surface area contributed by atoms with Gasteiger partial charge in [0.1, 0.15) is 0 Å². The third kappa shape index (κ3) is 7.63. The second kappa shape index (κ2) is 12.3. The average molecular weight is 505 g/mol. The first-order valence-electron chi connectivity index (χ1n) is 12.2. The van der Waals surface area contributed by atoms with Gasteiger partial charge in [-0.3, -0.25) is 9.59 Å². The van der Waals surface area contributed by atoms with Crippen molar-refractivity contribution in [2.75, 3.05) is 45.5 Å². The first-order valence-corrected chi connectivity index (χ1v) is 14.1. The summed E-state index contributed by atoms with van der Waals surface area (Å²) in [5.74, 6) is 0.0535. The molecular formula is C25H36N4O5S. The van der Waals surface area contributed by atoms with Crippen LogP contribution >= 0.6 is 0 Å². The minimum absolute atomic E-state index is 0.0797. The lowest BCUT2D eigenvalue weighted by Gasteiger charge is -2.28. The Morgan fingerprint density at radius 3 is 2.51 bits per heavy atom. The molecule has 1 unspecified atom stereocenters. The number of carbonyl (C=O) groups excluding carboxylic acids is 2. The topological polar surface area (TPSA) is 104 Å². The first-order chi connectivity index (χ1) is 16.7. The molecule has 1 atom stereocenters. The molecule has 1 aliphatic heterocycles. The van der Waals surface area contributed by atoms with Crippen LogP contribution < -0.4 is 0 Å². The van der Waals surface area contributed by atoms with E-state index in [9.17, 15) is 18.0 Å². The van der Waals surface area contributed by atoms with Crippen LogP contribution in [0.15, 0.2) is 45.9 Å². The first kappa shape index (κ1) is 26.9. The van der Waals surface area contributed by atoms with E-state index < -0.39 is 9.84 Å². The van der Waals surface area contributed by atoms with E-state index in [4.69, 9.17) is 4.52 Å². The average Bonchev–Trinajstić information content (AvgIpc) is 3.30. The molecule has 10 heteroatoms. The third-order valence-corrected chi connectivity index (χ3v) is 7.69. The van der Waals surface area contributed by atoms with Gasteiger partial charge < -0.3 is 19.2 Å². The second-order valence-corrected chi connectivity index (χ2v) is 11.1. The van der Waals surface area contributed by atoms with Crippen LogP contribution in [0.5, 0.6) is 0 Å². The monoisotopic (exact) mass is 504 g/mol. The van der Waals surface area contributed by atoms with Crippen molar-refractivity contribution < 1.29 is 22.5 Å². The molecule has 1 fully saturated rings. The summed E-state index contributed by atoms with van der Waals surface area (Å²) in [6.07, 6.45) is 5.69. The van der Waals surface area contributed by atoms with Crippen molar-refractivity contribution in [3.8, 4) is 0 Å². The van der Waals surface area contributed by atoms with Crippen molar-refractivity contribution in [2.24, 2.45) is 0 Å². The number of unbranched alkanes of at least 4 members (excludes halogenated alkanes) is 1. The fourth-order valence-corrected chi connectivity index (χ4v) is 5.07. The number of carbonyl (C=O) groups is 2. The minimum atomic E-state index is -3.18. The van der Waals surface area contributed by atoms with Crippen molar-refractivity contribution in [1.82, 2.24) is 19.9 Å². The van der Waals surface area contributed by atoms with Crippen LogP contribution in [-0.2, 0) is 21.1 Å². The van der Waals surface area contributed by atoms with Crippen molar-refractivity contribution in [3.63, 3.8) is 0 Å². The van der Waals surface area contributed by atoms with Crippen molar-refractivity contribution >= 4 is 21.7 Å². The van der Waals surface area contributed by atoms with Crippen LogP contribution in [-0.4, -0.2) is 91.7 Å². The molecule has 3 rings (SSSR count). The molecule has 0 radical (unpaired) electrons. The van der Waals surface area contributed by atoms with E-state index in [1.165, 1.54) is 18.5 Å². The number of hydrogen-bond donors (Lipinski definition) is 0. The molecule has 1 aliphatic rings. The Kier molecular flexibility index (Phi) is 9.45. The Labute approximate surface area is 208 Å². The van der Waals surface area contributed by atoms with Gasteiger partial charge in [-0.2, -0.15) is 0 Å². The molecular weight excluding hydrogens is 468 g/mol. The van der Waals surface area contributed by atoms with Gasteiger partial charge in [0.2, 0.25) is 11.7 Å². The van der Waals surface area contributed by atoms with Crippen molar-refractivity contribution in [1.29, 1.82) is 0 Å². The van der Waals surface area contributed by atoms with Crippen LogP contribution in [0.1, 0.15) is 49.2 Å². The zero-order valence-corrected chi connectivity index (χ0v) is 21.7. The number of benzene rings is 1. The maximum absolute atomic E-state index is 12.6. The van der Waals surface area contributed by atoms with Crippen LogP contribution in [0.25, 0.3) is 0 Å². The van der Waals surface area contributed by atoms with E-state index in [0.29, 0.717) is 43.5 Å². The highest BCUT2D eigenvalue weighted by Crippen LogP contribution is 2.15. The summed E-state index contributed by atoms with van der Waals surface area (Å²) < 4.78 is 28.3. The van der Waals surface area contributed by atoms with Crippen molar-refractivity contribution in [2.45, 2.75) is 50.5 Å². The highest BCUT2D eigenvalue weighted by Gasteiger charge is 2.26. The van der Waals surface area contributed by atoms with E-state index in [2.05, 4.69) is 23.9 Å². The molecule has 0 saturated carbocycles. The summed E-state index contributed by atoms with van der Waals surface area (Å²) in [5.41, 5.74) is 1.11. The minimum Gasteiger partial charge on any atom is -0.351 e. The summed E-state index contributed by atoms with van der Waals surface area (Å²) in [6, 6.07) is 8.99. The summed E-state index contributed by atoms with van der Waals surface area (Å²) in [4.78, 5) is 31.3. The number of aromatic nitrogens is 1. The summed E-state index contributed by atoms with van der Waals surface area (Å²) in [7, 11) is -3.18. The van der Waals surface area contributed by atoms with Gasteiger partial charge in [0.15, 0.2) is 9.84 Å². The molecule has 2 aromatic rings. The number of sulfone groups is 1. The van der Waals surface area contributed by atoms with Gasteiger partial charge in [-0.05, 0) is 57.0 Å². The lowest BCUT2D eigenvalue weighted by Crippen LogP contribution is -2.37. The number of hydrogen-bond acceptors (Lipinski definition) is 7. The predicted octanol–water partition coefficient (Wildman–Crippen LogP) is 2.49. The van der Waals surface area contributed by atoms with Crippen LogP contribution in [0.2, 0.25) is 0 Å². The quantitative estimate of drug-likeness (QED) is 0.433. The molecule has 1 aromatic heterocycles. The van der Waals surface area contributed by atoms with Crippen molar-refractivity contribution in [3.05, 3.63) is 47.9 Å². The van der Waals surface area contributed by atoms with E-state index in [1.807, 2.05) is 17.0 Å². The van der Waals surface area contributed by atoms with Gasteiger partial charge in [-0.15, -0.1) is 0 Å².